The molecule has 0 atom stereocenters. The molecule has 1 aliphatic carbocycles. The maximum atomic E-state index is 2.50. The first-order valence-electron chi connectivity index (χ1n) is 24.0. The van der Waals surface area contributed by atoms with Crippen LogP contribution in [-0.4, -0.2) is 0 Å². The monoisotopic (exact) mass is 925 g/mol. The maximum Gasteiger partial charge on any atom is 0.0714 e. The van der Waals surface area contributed by atoms with Crippen LogP contribution < -0.4 is 4.90 Å². The molecule has 14 rings (SSSR count). The average Bonchev–Trinajstić information content (AvgIpc) is 4.11. The van der Waals surface area contributed by atoms with Crippen LogP contribution in [-0.2, 0) is 5.41 Å². The van der Waals surface area contributed by atoms with Crippen LogP contribution in [0.3, 0.4) is 0 Å². The largest absolute Gasteiger partial charge is 0.310 e. The van der Waals surface area contributed by atoms with Gasteiger partial charge in [0.1, 0.15) is 0 Å². The zero-order valence-corrected chi connectivity index (χ0v) is 39.7. The fourth-order valence-corrected chi connectivity index (χ4v) is 13.8. The number of hydrogen-bond donors (Lipinski definition) is 0. The van der Waals surface area contributed by atoms with Crippen molar-refractivity contribution >= 4 is 80.1 Å². The van der Waals surface area contributed by atoms with Gasteiger partial charge in [-0.15, -0.1) is 22.7 Å². The molecule has 0 saturated heterocycles. The van der Waals surface area contributed by atoms with Gasteiger partial charge in [0, 0.05) is 57.3 Å². The molecule has 2 heterocycles. The Hall–Kier alpha value is -8.34. The summed E-state index contributed by atoms with van der Waals surface area (Å²) in [5.74, 6) is 0. The Morgan fingerprint density at radius 1 is 0.300 bits per heavy atom. The molecule has 0 spiro atoms. The van der Waals surface area contributed by atoms with Gasteiger partial charge in [-0.05, 0) is 122 Å². The lowest BCUT2D eigenvalue weighted by molar-refractivity contribution is 0.768. The Labute approximate surface area is 415 Å². The van der Waals surface area contributed by atoms with Crippen LogP contribution in [0.4, 0.5) is 17.1 Å². The van der Waals surface area contributed by atoms with Crippen molar-refractivity contribution in [2.45, 2.75) is 5.41 Å². The van der Waals surface area contributed by atoms with Crippen LogP contribution >= 0.6 is 22.7 Å². The van der Waals surface area contributed by atoms with E-state index in [1.807, 2.05) is 22.7 Å². The Bertz CT molecular complexity index is 4090. The van der Waals surface area contributed by atoms with Crippen LogP contribution in [0, 0.1) is 0 Å². The molecule has 11 aromatic carbocycles. The number of anilines is 3. The Morgan fingerprint density at radius 3 is 1.63 bits per heavy atom. The van der Waals surface area contributed by atoms with E-state index in [-0.39, 0.29) is 0 Å². The minimum atomic E-state index is -0.523. The van der Waals surface area contributed by atoms with Gasteiger partial charge < -0.3 is 4.90 Å². The number of hydrogen-bond acceptors (Lipinski definition) is 3. The second kappa shape index (κ2) is 16.4. The second-order valence-corrected chi connectivity index (χ2v) is 20.5. The van der Waals surface area contributed by atoms with Gasteiger partial charge in [-0.1, -0.05) is 200 Å². The number of nitrogens with zero attached hydrogens (tertiary/aromatic N) is 1. The van der Waals surface area contributed by atoms with E-state index in [9.17, 15) is 0 Å². The summed E-state index contributed by atoms with van der Waals surface area (Å²) in [6.45, 7) is 0. The third-order valence-corrected chi connectivity index (χ3v) is 16.9. The number of rotatable bonds is 8. The first-order valence-corrected chi connectivity index (χ1v) is 25.6. The number of benzene rings is 11. The van der Waals surface area contributed by atoms with Crippen molar-refractivity contribution in [3.05, 3.63) is 283 Å². The van der Waals surface area contributed by atoms with Gasteiger partial charge >= 0.3 is 0 Å². The minimum absolute atomic E-state index is 0.523. The molecule has 2 aromatic heterocycles. The molecule has 1 aliphatic rings. The molecule has 13 aromatic rings. The third-order valence-electron chi connectivity index (χ3n) is 14.6. The fourth-order valence-electron chi connectivity index (χ4n) is 11.5. The van der Waals surface area contributed by atoms with Crippen molar-refractivity contribution in [3.8, 4) is 44.5 Å². The van der Waals surface area contributed by atoms with E-state index in [0.29, 0.717) is 0 Å². The molecule has 0 N–H and O–H groups in total. The van der Waals surface area contributed by atoms with Crippen LogP contribution in [0.15, 0.2) is 261 Å². The summed E-state index contributed by atoms with van der Waals surface area (Å²) in [4.78, 5) is 2.50. The van der Waals surface area contributed by atoms with Gasteiger partial charge in [0.15, 0.2) is 0 Å². The number of thiophene rings is 2. The van der Waals surface area contributed by atoms with Crippen molar-refractivity contribution in [2.75, 3.05) is 4.90 Å². The summed E-state index contributed by atoms with van der Waals surface area (Å²) in [5.41, 5.74) is 17.6. The molecule has 0 fully saturated rings. The highest BCUT2D eigenvalue weighted by Crippen LogP contribution is 2.59. The van der Waals surface area contributed by atoms with Gasteiger partial charge in [0.2, 0.25) is 0 Å². The fraction of sp³-hybridized carbons (Fsp3) is 0.0149. The molecule has 0 amide bonds. The van der Waals surface area contributed by atoms with Crippen molar-refractivity contribution in [3.63, 3.8) is 0 Å². The Morgan fingerprint density at radius 2 is 0.843 bits per heavy atom. The Kier molecular flexibility index (Phi) is 9.55. The molecule has 0 bridgehead atoms. The molecule has 1 nitrogen and oxygen atoms in total. The molecule has 70 heavy (non-hydrogen) atoms. The van der Waals surface area contributed by atoms with Gasteiger partial charge in [0.05, 0.1) is 11.1 Å². The summed E-state index contributed by atoms with van der Waals surface area (Å²) in [6.07, 6.45) is 0. The first kappa shape index (κ1) is 40.7. The van der Waals surface area contributed by atoms with Crippen LogP contribution in [0.2, 0.25) is 0 Å². The van der Waals surface area contributed by atoms with Gasteiger partial charge in [-0.25, -0.2) is 0 Å². The van der Waals surface area contributed by atoms with Crippen molar-refractivity contribution in [1.29, 1.82) is 0 Å². The highest BCUT2D eigenvalue weighted by Gasteiger charge is 2.47. The predicted octanol–water partition coefficient (Wildman–Crippen LogP) is 19.3. The van der Waals surface area contributed by atoms with Gasteiger partial charge in [0.25, 0.3) is 0 Å². The van der Waals surface area contributed by atoms with Crippen LogP contribution in [0.1, 0.15) is 22.3 Å². The normalized spacial score (nSPS) is 12.7. The zero-order valence-electron chi connectivity index (χ0n) is 38.1. The lowest BCUT2D eigenvalue weighted by atomic mass is 9.68. The van der Waals surface area contributed by atoms with E-state index in [1.165, 1.54) is 107 Å². The summed E-state index contributed by atoms with van der Waals surface area (Å²) in [7, 11) is 0. The third kappa shape index (κ3) is 6.36. The highest BCUT2D eigenvalue weighted by molar-refractivity contribution is 7.26. The molecular weight excluding hydrogens is 883 g/mol. The lowest BCUT2D eigenvalue weighted by Crippen LogP contribution is -2.28. The van der Waals surface area contributed by atoms with E-state index < -0.39 is 5.41 Å². The maximum absolute atomic E-state index is 2.50. The quantitative estimate of drug-likeness (QED) is 0.147. The molecule has 0 radical (unpaired) electrons. The molecule has 0 aliphatic heterocycles. The molecule has 3 heteroatoms. The minimum Gasteiger partial charge on any atom is -0.310 e. The average molecular weight is 926 g/mol. The summed E-state index contributed by atoms with van der Waals surface area (Å²) >= 11 is 3.74. The van der Waals surface area contributed by atoms with Gasteiger partial charge in [-0.2, -0.15) is 0 Å². The van der Waals surface area contributed by atoms with Crippen molar-refractivity contribution < 1.29 is 0 Å². The SMILES string of the molecule is c1ccc(C2(c3ccccc3)c3ccccc3-c3c(N(c4ccc(-c5cccc(-c6ccc7sc8ccccc8c7c6)c5)cc4)c4cccc(-c5cccc6c5sc5ccccc56)c4)cccc32)cc1. The topological polar surface area (TPSA) is 3.24 Å². The summed E-state index contributed by atoms with van der Waals surface area (Å²) in [5, 5.41) is 5.25. The van der Waals surface area contributed by atoms with E-state index in [1.54, 1.807) is 0 Å². The first-order chi connectivity index (χ1) is 34.7. The van der Waals surface area contributed by atoms with E-state index in [0.717, 1.165) is 17.1 Å². The lowest BCUT2D eigenvalue weighted by Gasteiger charge is -2.34. The van der Waals surface area contributed by atoms with E-state index in [2.05, 4.69) is 266 Å². The zero-order chi connectivity index (χ0) is 46.2. The van der Waals surface area contributed by atoms with Crippen LogP contribution in [0.5, 0.6) is 0 Å². The Balaban J connectivity index is 0.947. The van der Waals surface area contributed by atoms with Crippen molar-refractivity contribution in [2.24, 2.45) is 0 Å². The van der Waals surface area contributed by atoms with Crippen molar-refractivity contribution in [1.82, 2.24) is 0 Å². The molecule has 0 saturated carbocycles. The highest BCUT2D eigenvalue weighted by atomic mass is 32.1. The summed E-state index contributed by atoms with van der Waals surface area (Å²) < 4.78 is 5.27. The van der Waals surface area contributed by atoms with Gasteiger partial charge in [-0.3, -0.25) is 0 Å². The van der Waals surface area contributed by atoms with E-state index >= 15 is 0 Å². The standard InChI is InChI=1S/C67H43NS2/c1-3-20-49(21-4-1)67(50-22-5-2-6-23-50)59-30-10-7-27-57(59)65-60(67)31-16-32-61(65)68(52-24-14-19-48(42-52)53-28-15-29-56-54-25-8-12-34-63(54)70-66(53)56)51-38-35-44(36-39-51)45-17-13-18-46(41-45)47-37-40-64-58(43-47)55-26-9-11-33-62(55)69-64/h1-43H. The predicted molar refractivity (Wildman–Crippen MR) is 301 cm³/mol. The summed E-state index contributed by atoms with van der Waals surface area (Å²) in [6, 6.07) is 96.9. The molecule has 0 unspecified atom stereocenters. The number of fused-ring (bicyclic) bond motifs is 9. The van der Waals surface area contributed by atoms with E-state index in [4.69, 9.17) is 0 Å². The van der Waals surface area contributed by atoms with Crippen LogP contribution in [0.25, 0.3) is 84.9 Å². The smallest absolute Gasteiger partial charge is 0.0714 e. The second-order valence-electron chi connectivity index (χ2n) is 18.3. The molecule has 328 valence electrons. The molecular formula is C67H43NS2.